The van der Waals surface area contributed by atoms with E-state index in [9.17, 15) is 0 Å². The molecule has 8 fully saturated rings. The maximum absolute atomic E-state index is 6.05. The molecule has 8 aliphatic rings. The largest absolute Gasteiger partial charge is 0.115 e. The summed E-state index contributed by atoms with van der Waals surface area (Å²) in [6, 6.07) is 6.61. The van der Waals surface area contributed by atoms with Crippen molar-refractivity contribution in [3.05, 3.63) is 34.9 Å². The Morgan fingerprint density at radius 3 is 1.80 bits per heavy atom. The molecule has 0 aliphatic heterocycles. The molecule has 9 rings (SSSR count). The van der Waals surface area contributed by atoms with Gasteiger partial charge in [-0.15, -0.1) is 12.8 Å². The number of hydrogen-bond acceptors (Lipinski definition) is 0. The summed E-state index contributed by atoms with van der Waals surface area (Å²) in [5.41, 5.74) is 5.10. The van der Waals surface area contributed by atoms with Crippen LogP contribution in [0.5, 0.6) is 0 Å². The number of benzene rings is 1. The fourth-order valence-electron chi connectivity index (χ4n) is 11.2. The highest BCUT2D eigenvalue weighted by Crippen LogP contribution is 2.77. The van der Waals surface area contributed by atoms with Crippen LogP contribution in [0.4, 0.5) is 0 Å². The van der Waals surface area contributed by atoms with E-state index in [2.05, 4.69) is 30.0 Å². The number of rotatable bonds is 2. The molecule has 0 radical (unpaired) electrons. The summed E-state index contributed by atoms with van der Waals surface area (Å²) in [7, 11) is 0. The SMILES string of the molecule is C#Cc1ccc(C23CC4CC(C2)CC(C25CC6CC(CC(C6)C2)C5)(C4)C3)c(C#C)c1. The molecule has 154 valence electrons. The van der Waals surface area contributed by atoms with Gasteiger partial charge in [-0.3, -0.25) is 0 Å². The molecule has 0 heteroatoms. The van der Waals surface area contributed by atoms with E-state index in [0.717, 1.165) is 40.7 Å². The van der Waals surface area contributed by atoms with Crippen LogP contribution in [0.2, 0.25) is 0 Å². The van der Waals surface area contributed by atoms with Crippen LogP contribution < -0.4 is 0 Å². The highest BCUT2D eigenvalue weighted by molar-refractivity contribution is 5.51. The molecule has 0 amide bonds. The monoisotopic (exact) mass is 394 g/mol. The minimum Gasteiger partial charge on any atom is -0.115 e. The van der Waals surface area contributed by atoms with Gasteiger partial charge in [0, 0.05) is 11.1 Å². The van der Waals surface area contributed by atoms with Crippen LogP contribution in [0.25, 0.3) is 0 Å². The van der Waals surface area contributed by atoms with Crippen molar-refractivity contribution in [2.24, 2.45) is 40.4 Å². The summed E-state index contributed by atoms with van der Waals surface area (Å²) in [5, 5.41) is 0. The topological polar surface area (TPSA) is 0 Å². The third kappa shape index (κ3) is 2.22. The third-order valence-electron chi connectivity index (χ3n) is 11.1. The van der Waals surface area contributed by atoms with Gasteiger partial charge in [-0.1, -0.05) is 17.9 Å². The van der Waals surface area contributed by atoms with E-state index in [1.165, 1.54) is 44.1 Å². The number of hydrogen-bond donors (Lipinski definition) is 0. The van der Waals surface area contributed by atoms with Crippen molar-refractivity contribution in [1.29, 1.82) is 0 Å². The first-order valence-electron chi connectivity index (χ1n) is 12.6. The molecule has 1 aromatic rings. The van der Waals surface area contributed by atoms with E-state index in [4.69, 9.17) is 12.8 Å². The molecule has 0 aromatic heterocycles. The average molecular weight is 395 g/mol. The average Bonchev–Trinajstić information content (AvgIpc) is 2.71. The molecule has 8 bridgehead atoms. The van der Waals surface area contributed by atoms with Gasteiger partial charge in [-0.05, 0) is 141 Å². The van der Waals surface area contributed by atoms with Gasteiger partial charge >= 0.3 is 0 Å². The highest BCUT2D eigenvalue weighted by atomic mass is 14.7. The van der Waals surface area contributed by atoms with E-state index in [1.54, 1.807) is 38.5 Å². The van der Waals surface area contributed by atoms with Crippen LogP contribution in [0, 0.1) is 65.1 Å². The molecule has 0 heterocycles. The van der Waals surface area contributed by atoms with Crippen LogP contribution in [-0.4, -0.2) is 0 Å². The third-order valence-corrected chi connectivity index (χ3v) is 11.1. The minimum absolute atomic E-state index is 0.322. The van der Waals surface area contributed by atoms with E-state index in [-0.39, 0.29) is 0 Å². The predicted molar refractivity (Wildman–Crippen MR) is 122 cm³/mol. The molecule has 0 N–H and O–H groups in total. The zero-order valence-corrected chi connectivity index (χ0v) is 18.3. The first kappa shape index (κ1) is 18.0. The van der Waals surface area contributed by atoms with E-state index in [0.29, 0.717) is 16.2 Å². The lowest BCUT2D eigenvalue weighted by Gasteiger charge is -2.72. The first-order valence-corrected chi connectivity index (χ1v) is 12.6. The zero-order valence-electron chi connectivity index (χ0n) is 18.3. The van der Waals surface area contributed by atoms with Crippen LogP contribution in [-0.2, 0) is 5.41 Å². The zero-order chi connectivity index (χ0) is 20.1. The quantitative estimate of drug-likeness (QED) is 0.489. The molecule has 0 spiro atoms. The Hall–Kier alpha value is -1.66. The van der Waals surface area contributed by atoms with Gasteiger partial charge in [-0.25, -0.2) is 0 Å². The van der Waals surface area contributed by atoms with Gasteiger partial charge in [0.25, 0.3) is 0 Å². The van der Waals surface area contributed by atoms with Gasteiger partial charge in [0.05, 0.1) is 0 Å². The Bertz CT molecular complexity index is 945. The van der Waals surface area contributed by atoms with Gasteiger partial charge in [0.15, 0.2) is 0 Å². The summed E-state index contributed by atoms with van der Waals surface area (Å²) >= 11 is 0. The van der Waals surface area contributed by atoms with Crippen molar-refractivity contribution in [3.63, 3.8) is 0 Å². The summed E-state index contributed by atoms with van der Waals surface area (Å²) in [6.07, 6.45) is 29.8. The maximum Gasteiger partial charge on any atom is 0.0292 e. The van der Waals surface area contributed by atoms with Crippen LogP contribution in [0.1, 0.15) is 93.7 Å². The molecule has 2 unspecified atom stereocenters. The summed E-state index contributed by atoms with van der Waals surface area (Å²) in [6.45, 7) is 0. The molecular formula is C30H34. The van der Waals surface area contributed by atoms with Gasteiger partial charge in [0.1, 0.15) is 0 Å². The molecule has 0 nitrogen and oxygen atoms in total. The standard InChI is InChI=1S/C30H34/c1-3-20-5-6-27(26(4-2)11-20)28-12-24-10-25(13-28)18-30(17-24,19-28)29-14-21-7-22(15-29)9-23(8-21)16-29/h1-2,5-6,11,21-25H,7-10,12-19H2. The second-order valence-electron chi connectivity index (χ2n) is 12.8. The van der Waals surface area contributed by atoms with Crippen molar-refractivity contribution < 1.29 is 0 Å². The van der Waals surface area contributed by atoms with Crippen LogP contribution >= 0.6 is 0 Å². The summed E-state index contributed by atoms with van der Waals surface area (Å²) in [5.74, 6) is 10.9. The lowest BCUT2D eigenvalue weighted by Crippen LogP contribution is -2.63. The Labute approximate surface area is 182 Å². The Kier molecular flexibility index (Phi) is 3.45. The maximum atomic E-state index is 6.05. The van der Waals surface area contributed by atoms with E-state index >= 15 is 0 Å². The summed E-state index contributed by atoms with van der Waals surface area (Å²) < 4.78 is 0. The van der Waals surface area contributed by atoms with Crippen molar-refractivity contribution in [2.45, 2.75) is 82.5 Å². The van der Waals surface area contributed by atoms with E-state index < -0.39 is 0 Å². The minimum atomic E-state index is 0.322. The Morgan fingerprint density at radius 2 is 1.23 bits per heavy atom. The van der Waals surface area contributed by atoms with Crippen molar-refractivity contribution in [2.75, 3.05) is 0 Å². The molecule has 1 aromatic carbocycles. The Morgan fingerprint density at radius 1 is 0.667 bits per heavy atom. The van der Waals surface area contributed by atoms with Gasteiger partial charge in [0.2, 0.25) is 0 Å². The van der Waals surface area contributed by atoms with Gasteiger partial charge in [-0.2, -0.15) is 0 Å². The fourth-order valence-corrected chi connectivity index (χ4v) is 11.2. The lowest BCUT2D eigenvalue weighted by molar-refractivity contribution is -0.205. The Balaban J connectivity index is 1.35. The number of terminal acetylenes is 2. The van der Waals surface area contributed by atoms with Crippen molar-refractivity contribution in [1.82, 2.24) is 0 Å². The van der Waals surface area contributed by atoms with Crippen LogP contribution in [0.3, 0.4) is 0 Å². The first-order chi connectivity index (χ1) is 14.5. The summed E-state index contributed by atoms with van der Waals surface area (Å²) in [4.78, 5) is 0. The van der Waals surface area contributed by atoms with Gasteiger partial charge < -0.3 is 0 Å². The molecular weight excluding hydrogens is 360 g/mol. The van der Waals surface area contributed by atoms with Crippen LogP contribution in [0.15, 0.2) is 18.2 Å². The van der Waals surface area contributed by atoms with E-state index in [1.807, 2.05) is 0 Å². The second-order valence-corrected chi connectivity index (χ2v) is 12.8. The predicted octanol–water partition coefficient (Wildman–Crippen LogP) is 6.70. The lowest BCUT2D eigenvalue weighted by atomic mass is 9.32. The molecule has 2 atom stereocenters. The molecule has 8 aliphatic carbocycles. The fraction of sp³-hybridized carbons (Fsp3) is 0.667. The highest BCUT2D eigenvalue weighted by Gasteiger charge is 2.67. The molecule has 8 saturated carbocycles. The molecule has 30 heavy (non-hydrogen) atoms. The second kappa shape index (κ2) is 5.77. The normalized spacial score (nSPS) is 49.7. The smallest absolute Gasteiger partial charge is 0.0292 e. The molecule has 0 saturated heterocycles. The van der Waals surface area contributed by atoms with Crippen molar-refractivity contribution >= 4 is 0 Å². The van der Waals surface area contributed by atoms with Crippen molar-refractivity contribution in [3.8, 4) is 24.7 Å².